The maximum absolute atomic E-state index is 5.92. The molecule has 0 amide bonds. The predicted molar refractivity (Wildman–Crippen MR) is 79.4 cm³/mol. The fourth-order valence-electron chi connectivity index (χ4n) is 2.08. The molecule has 1 aliphatic rings. The number of hydrogen-bond donors (Lipinski definition) is 1. The molecule has 0 bridgehead atoms. The van der Waals surface area contributed by atoms with E-state index in [1.54, 1.807) is 12.1 Å². The number of nitrogens with one attached hydrogen (secondary N) is 1. The minimum Gasteiger partial charge on any atom is -0.494 e. The van der Waals surface area contributed by atoms with Crippen LogP contribution in [0.3, 0.4) is 0 Å². The van der Waals surface area contributed by atoms with E-state index in [4.69, 9.17) is 27.9 Å². The summed E-state index contributed by atoms with van der Waals surface area (Å²) in [6.45, 7) is 3.03. The lowest BCUT2D eigenvalue weighted by Crippen LogP contribution is -2.28. The zero-order valence-electron chi connectivity index (χ0n) is 10.1. The maximum Gasteiger partial charge on any atom is 0.120 e. The van der Waals surface area contributed by atoms with Gasteiger partial charge in [-0.25, -0.2) is 0 Å². The van der Waals surface area contributed by atoms with Crippen molar-refractivity contribution in [2.45, 2.75) is 19.3 Å². The second-order valence-corrected chi connectivity index (χ2v) is 5.22. The Kier molecular flexibility index (Phi) is 7.16. The number of rotatable bonds is 4. The topological polar surface area (TPSA) is 21.3 Å². The lowest BCUT2D eigenvalue weighted by Gasteiger charge is -2.22. The van der Waals surface area contributed by atoms with E-state index >= 15 is 0 Å². The van der Waals surface area contributed by atoms with E-state index in [9.17, 15) is 0 Å². The molecule has 2 nitrogen and oxygen atoms in total. The Morgan fingerprint density at radius 2 is 1.89 bits per heavy atom. The monoisotopic (exact) mass is 309 g/mol. The van der Waals surface area contributed by atoms with Crippen LogP contribution in [-0.4, -0.2) is 19.7 Å². The van der Waals surface area contributed by atoms with E-state index < -0.39 is 0 Å². The zero-order chi connectivity index (χ0) is 12.1. The fraction of sp³-hybridized carbons (Fsp3) is 0.538. The molecule has 102 valence electrons. The van der Waals surface area contributed by atoms with Crippen LogP contribution in [0, 0.1) is 5.92 Å². The van der Waals surface area contributed by atoms with Crippen LogP contribution < -0.4 is 10.1 Å². The quantitative estimate of drug-likeness (QED) is 0.900. The number of piperidine rings is 1. The highest BCUT2D eigenvalue weighted by Crippen LogP contribution is 2.26. The van der Waals surface area contributed by atoms with Crippen LogP contribution >= 0.6 is 35.6 Å². The third-order valence-corrected chi connectivity index (χ3v) is 3.88. The Morgan fingerprint density at radius 3 is 2.56 bits per heavy atom. The zero-order valence-corrected chi connectivity index (χ0v) is 12.5. The number of halogens is 3. The van der Waals surface area contributed by atoms with Crippen molar-refractivity contribution >= 4 is 35.6 Å². The molecule has 18 heavy (non-hydrogen) atoms. The molecule has 0 aromatic heterocycles. The van der Waals surface area contributed by atoms with Crippen molar-refractivity contribution in [1.29, 1.82) is 0 Å². The molecule has 0 spiro atoms. The van der Waals surface area contributed by atoms with Crippen LogP contribution in [0.5, 0.6) is 5.75 Å². The largest absolute Gasteiger partial charge is 0.494 e. The van der Waals surface area contributed by atoms with E-state index in [2.05, 4.69) is 5.32 Å². The summed E-state index contributed by atoms with van der Waals surface area (Å²) in [5.74, 6) is 1.59. The van der Waals surface area contributed by atoms with Crippen LogP contribution in [0.2, 0.25) is 10.0 Å². The van der Waals surface area contributed by atoms with Gasteiger partial charge in [-0.15, -0.1) is 12.4 Å². The Hall–Kier alpha value is -0.150. The molecule has 1 saturated heterocycles. The predicted octanol–water partition coefficient (Wildman–Crippen LogP) is 4.18. The van der Waals surface area contributed by atoms with Crippen molar-refractivity contribution < 1.29 is 4.74 Å². The molecule has 0 aliphatic carbocycles. The standard InChI is InChI=1S/C13H17Cl2NO.ClH/c14-12-2-1-11(9-13(12)15)17-8-5-10-3-6-16-7-4-10;/h1-2,9-10,16H,3-8H2;1H. The van der Waals surface area contributed by atoms with E-state index in [-0.39, 0.29) is 12.4 Å². The highest BCUT2D eigenvalue weighted by atomic mass is 35.5. The van der Waals surface area contributed by atoms with Crippen LogP contribution in [-0.2, 0) is 0 Å². The SMILES string of the molecule is Cl.Clc1ccc(OCCC2CCNCC2)cc1Cl. The highest BCUT2D eigenvalue weighted by Gasteiger charge is 2.12. The summed E-state index contributed by atoms with van der Waals surface area (Å²) in [4.78, 5) is 0. The van der Waals surface area contributed by atoms with Gasteiger partial charge in [-0.2, -0.15) is 0 Å². The molecule has 1 aromatic rings. The van der Waals surface area contributed by atoms with E-state index in [1.165, 1.54) is 12.8 Å². The van der Waals surface area contributed by atoms with Gasteiger partial charge in [0.15, 0.2) is 0 Å². The van der Waals surface area contributed by atoms with Crippen molar-refractivity contribution in [1.82, 2.24) is 5.32 Å². The van der Waals surface area contributed by atoms with Crippen LogP contribution in [0.25, 0.3) is 0 Å². The Labute approximate surface area is 124 Å². The summed E-state index contributed by atoms with van der Waals surface area (Å²) in [6, 6.07) is 5.40. The Balaban J connectivity index is 0.00000162. The summed E-state index contributed by atoms with van der Waals surface area (Å²) in [7, 11) is 0. The molecule has 0 unspecified atom stereocenters. The highest BCUT2D eigenvalue weighted by molar-refractivity contribution is 6.42. The lowest BCUT2D eigenvalue weighted by molar-refractivity contribution is 0.252. The molecule has 0 radical (unpaired) electrons. The van der Waals surface area contributed by atoms with Gasteiger partial charge in [-0.1, -0.05) is 23.2 Å². The summed E-state index contributed by atoms with van der Waals surface area (Å²) in [5, 5.41) is 4.48. The first-order valence-electron chi connectivity index (χ1n) is 6.04. The molecule has 0 atom stereocenters. The molecule has 1 aliphatic heterocycles. The molecule has 0 saturated carbocycles. The third kappa shape index (κ3) is 4.85. The van der Waals surface area contributed by atoms with Gasteiger partial charge in [0.05, 0.1) is 16.7 Å². The maximum atomic E-state index is 5.92. The average Bonchev–Trinajstić information content (AvgIpc) is 2.35. The smallest absolute Gasteiger partial charge is 0.120 e. The Bertz CT molecular complexity index is 367. The first-order chi connectivity index (χ1) is 8.25. The number of benzene rings is 1. The third-order valence-electron chi connectivity index (χ3n) is 3.14. The first-order valence-corrected chi connectivity index (χ1v) is 6.80. The van der Waals surface area contributed by atoms with E-state index in [0.717, 1.165) is 37.8 Å². The molecule has 5 heteroatoms. The van der Waals surface area contributed by atoms with Gasteiger partial charge in [-0.05, 0) is 50.4 Å². The molecule has 1 fully saturated rings. The van der Waals surface area contributed by atoms with Gasteiger partial charge >= 0.3 is 0 Å². The van der Waals surface area contributed by atoms with Crippen molar-refractivity contribution in [2.24, 2.45) is 5.92 Å². The molecule has 1 aromatic carbocycles. The van der Waals surface area contributed by atoms with Gasteiger partial charge in [0.25, 0.3) is 0 Å². The fourth-order valence-corrected chi connectivity index (χ4v) is 2.37. The molecular formula is C13H18Cl3NO. The average molecular weight is 311 g/mol. The van der Waals surface area contributed by atoms with Gasteiger partial charge in [-0.3, -0.25) is 0 Å². The van der Waals surface area contributed by atoms with Crippen molar-refractivity contribution in [3.8, 4) is 5.75 Å². The van der Waals surface area contributed by atoms with Crippen LogP contribution in [0.1, 0.15) is 19.3 Å². The van der Waals surface area contributed by atoms with Gasteiger partial charge in [0, 0.05) is 6.07 Å². The second-order valence-electron chi connectivity index (χ2n) is 4.41. The van der Waals surface area contributed by atoms with Gasteiger partial charge < -0.3 is 10.1 Å². The minimum atomic E-state index is 0. The summed E-state index contributed by atoms with van der Waals surface area (Å²) in [5.41, 5.74) is 0. The summed E-state index contributed by atoms with van der Waals surface area (Å²) in [6.07, 6.45) is 3.62. The molecule has 1 N–H and O–H groups in total. The van der Waals surface area contributed by atoms with Crippen LogP contribution in [0.4, 0.5) is 0 Å². The summed E-state index contributed by atoms with van der Waals surface area (Å²) < 4.78 is 5.68. The summed E-state index contributed by atoms with van der Waals surface area (Å²) >= 11 is 11.8. The molecule has 2 rings (SSSR count). The number of hydrogen-bond acceptors (Lipinski definition) is 2. The Morgan fingerprint density at radius 1 is 1.17 bits per heavy atom. The number of ether oxygens (including phenoxy) is 1. The van der Waals surface area contributed by atoms with Gasteiger partial charge in [0.2, 0.25) is 0 Å². The normalized spacial score (nSPS) is 16.1. The van der Waals surface area contributed by atoms with Crippen molar-refractivity contribution in [3.63, 3.8) is 0 Å². The first kappa shape index (κ1) is 15.9. The second kappa shape index (κ2) is 8.11. The van der Waals surface area contributed by atoms with Crippen molar-refractivity contribution in [3.05, 3.63) is 28.2 Å². The van der Waals surface area contributed by atoms with Gasteiger partial charge in [0.1, 0.15) is 5.75 Å². The van der Waals surface area contributed by atoms with Crippen LogP contribution in [0.15, 0.2) is 18.2 Å². The minimum absolute atomic E-state index is 0. The van der Waals surface area contributed by atoms with Crippen molar-refractivity contribution in [2.75, 3.05) is 19.7 Å². The van der Waals surface area contributed by atoms with E-state index in [0.29, 0.717) is 10.0 Å². The molecule has 1 heterocycles. The van der Waals surface area contributed by atoms with E-state index in [1.807, 2.05) is 6.07 Å². The lowest BCUT2D eigenvalue weighted by atomic mass is 9.95. The molecular weight excluding hydrogens is 293 g/mol.